The van der Waals surface area contributed by atoms with Crippen molar-refractivity contribution >= 4 is 40.8 Å². The number of amides is 1. The molecule has 0 radical (unpaired) electrons. The molecule has 0 spiro atoms. The summed E-state index contributed by atoms with van der Waals surface area (Å²) < 4.78 is 5.07. The highest BCUT2D eigenvalue weighted by atomic mass is 35.5. The van der Waals surface area contributed by atoms with Gasteiger partial charge in [-0.1, -0.05) is 59.6 Å². The number of nitrogens with one attached hydrogen (secondary N) is 1. The number of nitrogens with zero attached hydrogens (tertiary/aromatic N) is 2. The van der Waals surface area contributed by atoms with Gasteiger partial charge in [0, 0.05) is 26.9 Å². The summed E-state index contributed by atoms with van der Waals surface area (Å²) >= 11 is 12.8. The van der Waals surface area contributed by atoms with Crippen LogP contribution in [0.3, 0.4) is 0 Å². The number of aromatic amines is 1. The fraction of sp³-hybridized carbons (Fsp3) is 0.115. The number of carbonyl (C=O) groups excluding carboxylic acids is 2. The molecule has 4 aromatic rings. The topological polar surface area (TPSA) is 75.3 Å². The molecular formula is C26H19Cl2N3O3. The molecule has 1 amide bonds. The highest BCUT2D eigenvalue weighted by Gasteiger charge is 2.43. The summed E-state index contributed by atoms with van der Waals surface area (Å²) in [6.07, 6.45) is 0. The molecule has 1 N–H and O–H groups in total. The number of benzene rings is 3. The minimum Gasteiger partial charge on any atom is -0.462 e. The molecule has 8 heteroatoms. The first kappa shape index (κ1) is 22.2. The number of ether oxygens (including phenoxy) is 1. The molecule has 2 heterocycles. The van der Waals surface area contributed by atoms with Crippen LogP contribution in [0.2, 0.25) is 10.0 Å². The summed E-state index contributed by atoms with van der Waals surface area (Å²) in [5.41, 5.74) is 4.40. The average molecular weight is 492 g/mol. The van der Waals surface area contributed by atoms with Gasteiger partial charge < -0.3 is 4.74 Å². The van der Waals surface area contributed by atoms with Crippen LogP contribution in [0.5, 0.6) is 0 Å². The zero-order chi connectivity index (χ0) is 23.8. The molecule has 6 nitrogen and oxygen atoms in total. The number of rotatable bonds is 5. The molecule has 0 saturated heterocycles. The van der Waals surface area contributed by atoms with Crippen LogP contribution in [0.1, 0.15) is 44.9 Å². The Bertz CT molecular complexity index is 1380. The van der Waals surface area contributed by atoms with Gasteiger partial charge in [-0.05, 0) is 48.9 Å². The van der Waals surface area contributed by atoms with Gasteiger partial charge in [-0.2, -0.15) is 5.10 Å². The number of hydrogen-bond acceptors (Lipinski definition) is 4. The van der Waals surface area contributed by atoms with Crippen molar-refractivity contribution in [3.63, 3.8) is 0 Å². The zero-order valence-electron chi connectivity index (χ0n) is 18.1. The van der Waals surface area contributed by atoms with Crippen LogP contribution < -0.4 is 4.90 Å². The van der Waals surface area contributed by atoms with Crippen LogP contribution in [-0.2, 0) is 4.74 Å². The molecule has 0 bridgehead atoms. The van der Waals surface area contributed by atoms with Crippen LogP contribution in [0.25, 0.3) is 11.3 Å². The summed E-state index contributed by atoms with van der Waals surface area (Å²) in [5, 5.41) is 8.33. The molecule has 1 aliphatic heterocycles. The van der Waals surface area contributed by atoms with Crippen molar-refractivity contribution in [1.82, 2.24) is 10.2 Å². The molecule has 170 valence electrons. The number of anilines is 1. The molecular weight excluding hydrogens is 473 g/mol. The van der Waals surface area contributed by atoms with Crippen molar-refractivity contribution < 1.29 is 14.3 Å². The molecule has 1 aromatic heterocycles. The van der Waals surface area contributed by atoms with Crippen molar-refractivity contribution in [2.75, 3.05) is 11.5 Å². The Morgan fingerprint density at radius 1 is 1.06 bits per heavy atom. The van der Waals surface area contributed by atoms with E-state index < -0.39 is 12.0 Å². The molecule has 0 fully saturated rings. The lowest BCUT2D eigenvalue weighted by Gasteiger charge is -2.27. The number of carbonyl (C=O) groups is 2. The second kappa shape index (κ2) is 8.97. The maximum absolute atomic E-state index is 13.6. The predicted octanol–water partition coefficient (Wildman–Crippen LogP) is 6.31. The first-order valence-corrected chi connectivity index (χ1v) is 11.4. The van der Waals surface area contributed by atoms with Crippen molar-refractivity contribution in [3.05, 3.63) is 105 Å². The molecule has 1 aliphatic rings. The summed E-state index contributed by atoms with van der Waals surface area (Å²) in [6, 6.07) is 21.1. The van der Waals surface area contributed by atoms with Crippen molar-refractivity contribution in [2.45, 2.75) is 13.0 Å². The smallest absolute Gasteiger partial charge is 0.338 e. The lowest BCUT2D eigenvalue weighted by atomic mass is 9.95. The largest absolute Gasteiger partial charge is 0.462 e. The molecule has 3 aromatic carbocycles. The third-order valence-corrected chi connectivity index (χ3v) is 6.29. The third-order valence-electron chi connectivity index (χ3n) is 5.73. The molecule has 0 aliphatic carbocycles. The van der Waals surface area contributed by atoms with E-state index >= 15 is 0 Å². The summed E-state index contributed by atoms with van der Waals surface area (Å²) in [4.78, 5) is 27.4. The molecule has 1 atom stereocenters. The van der Waals surface area contributed by atoms with E-state index in [1.165, 1.54) is 0 Å². The van der Waals surface area contributed by atoms with Crippen molar-refractivity contribution in [3.8, 4) is 11.3 Å². The number of H-pyrrole nitrogens is 1. The van der Waals surface area contributed by atoms with Crippen LogP contribution >= 0.6 is 23.2 Å². The molecule has 0 saturated carbocycles. The van der Waals surface area contributed by atoms with E-state index in [-0.39, 0.29) is 12.5 Å². The highest BCUT2D eigenvalue weighted by Crippen LogP contribution is 2.47. The Labute approximate surface area is 206 Å². The first-order valence-electron chi connectivity index (χ1n) is 10.7. The Balaban J connectivity index is 1.66. The Morgan fingerprint density at radius 3 is 2.47 bits per heavy atom. The Hall–Kier alpha value is -3.61. The molecule has 0 unspecified atom stereocenters. The van der Waals surface area contributed by atoms with E-state index in [2.05, 4.69) is 10.2 Å². The van der Waals surface area contributed by atoms with Gasteiger partial charge in [-0.3, -0.25) is 14.8 Å². The van der Waals surface area contributed by atoms with E-state index in [1.54, 1.807) is 48.2 Å². The number of hydrogen-bond donors (Lipinski definition) is 1. The minimum atomic E-state index is -0.547. The second-order valence-corrected chi connectivity index (χ2v) is 8.58. The van der Waals surface area contributed by atoms with Gasteiger partial charge in [0.1, 0.15) is 5.69 Å². The van der Waals surface area contributed by atoms with E-state index in [9.17, 15) is 9.59 Å². The quantitative estimate of drug-likeness (QED) is 0.332. The number of esters is 1. The lowest BCUT2D eigenvalue weighted by Crippen LogP contribution is -2.29. The number of aromatic nitrogens is 2. The van der Waals surface area contributed by atoms with Crippen LogP contribution in [0.4, 0.5) is 5.69 Å². The third kappa shape index (κ3) is 3.75. The summed E-state index contributed by atoms with van der Waals surface area (Å²) in [5.74, 6) is -0.663. The standard InChI is InChI=1S/C26H19Cl2N3O3/c1-2-34-26(33)16-8-11-18(12-9-16)31-24(19-13-10-17(27)14-20(19)28)21-22(15-6-4-3-5-7-15)29-30-23(21)25(31)32/h3-14,24H,2H2,1H3,(H,29,30)/t24-/m0/s1. The minimum absolute atomic E-state index is 0.246. The summed E-state index contributed by atoms with van der Waals surface area (Å²) in [7, 11) is 0. The van der Waals surface area contributed by atoms with Gasteiger partial charge in [0.05, 0.1) is 23.9 Å². The van der Waals surface area contributed by atoms with Crippen molar-refractivity contribution in [2.24, 2.45) is 0 Å². The van der Waals surface area contributed by atoms with Gasteiger partial charge in [0.2, 0.25) is 0 Å². The summed E-state index contributed by atoms with van der Waals surface area (Å²) in [6.45, 7) is 2.04. The Kier molecular flexibility index (Phi) is 5.86. The SMILES string of the molecule is CCOC(=O)c1ccc(N2C(=O)c3[nH]nc(-c4ccccc4)c3[C@@H]2c2ccc(Cl)cc2Cl)cc1. The maximum Gasteiger partial charge on any atom is 0.338 e. The van der Waals surface area contributed by atoms with Gasteiger partial charge >= 0.3 is 5.97 Å². The number of halogens is 2. The van der Waals surface area contributed by atoms with E-state index in [0.29, 0.717) is 38.2 Å². The Morgan fingerprint density at radius 2 is 1.79 bits per heavy atom. The molecule has 34 heavy (non-hydrogen) atoms. The monoisotopic (exact) mass is 491 g/mol. The second-order valence-electron chi connectivity index (χ2n) is 7.74. The highest BCUT2D eigenvalue weighted by molar-refractivity contribution is 6.35. The first-order chi connectivity index (χ1) is 16.5. The van der Waals surface area contributed by atoms with Crippen LogP contribution in [0, 0.1) is 0 Å². The van der Waals surface area contributed by atoms with Gasteiger partial charge in [-0.15, -0.1) is 0 Å². The van der Waals surface area contributed by atoms with E-state index in [4.69, 9.17) is 27.9 Å². The zero-order valence-corrected chi connectivity index (χ0v) is 19.6. The fourth-order valence-corrected chi connectivity index (χ4v) is 4.73. The fourth-order valence-electron chi connectivity index (χ4n) is 4.22. The van der Waals surface area contributed by atoms with Gasteiger partial charge in [0.15, 0.2) is 0 Å². The van der Waals surface area contributed by atoms with Crippen LogP contribution in [0.15, 0.2) is 72.8 Å². The average Bonchev–Trinajstić information content (AvgIpc) is 3.39. The predicted molar refractivity (Wildman–Crippen MR) is 132 cm³/mol. The molecule has 5 rings (SSSR count). The van der Waals surface area contributed by atoms with Gasteiger partial charge in [0.25, 0.3) is 5.91 Å². The lowest BCUT2D eigenvalue weighted by molar-refractivity contribution is 0.0526. The normalized spacial score (nSPS) is 14.9. The number of fused-ring (bicyclic) bond motifs is 1. The van der Waals surface area contributed by atoms with E-state index in [1.807, 2.05) is 36.4 Å². The van der Waals surface area contributed by atoms with Crippen molar-refractivity contribution in [1.29, 1.82) is 0 Å². The van der Waals surface area contributed by atoms with Crippen LogP contribution in [-0.4, -0.2) is 28.7 Å². The maximum atomic E-state index is 13.6. The van der Waals surface area contributed by atoms with Gasteiger partial charge in [-0.25, -0.2) is 4.79 Å². The van der Waals surface area contributed by atoms with E-state index in [0.717, 1.165) is 11.1 Å².